The summed E-state index contributed by atoms with van der Waals surface area (Å²) in [4.78, 5) is 18.1. The van der Waals surface area contributed by atoms with E-state index in [1.54, 1.807) is 11.9 Å². The monoisotopic (exact) mass is 341 g/mol. The highest BCUT2D eigenvalue weighted by Crippen LogP contribution is 2.03. The second-order valence-corrected chi connectivity index (χ2v) is 5.83. The standard InChI is InChI=1S/C19H27N5O/c1-20-19(22-12-15-24-13-6-7-14-24)21-11-10-18(25)23(2)16-17-8-4-3-5-9-17/h3-9,13-14H,10-12,15-16H2,1-2H3,(H2,20,21,22). The Morgan fingerprint density at radius 3 is 2.44 bits per heavy atom. The van der Waals surface area contributed by atoms with Crippen molar-refractivity contribution < 1.29 is 4.79 Å². The third kappa shape index (κ3) is 6.71. The van der Waals surface area contributed by atoms with Gasteiger partial charge in [-0.15, -0.1) is 0 Å². The van der Waals surface area contributed by atoms with Gasteiger partial charge in [-0.3, -0.25) is 9.79 Å². The van der Waals surface area contributed by atoms with Crippen LogP contribution in [-0.4, -0.2) is 48.5 Å². The van der Waals surface area contributed by atoms with Gasteiger partial charge in [-0.05, 0) is 17.7 Å². The zero-order chi connectivity index (χ0) is 17.9. The van der Waals surface area contributed by atoms with Gasteiger partial charge in [-0.2, -0.15) is 0 Å². The molecule has 6 heteroatoms. The highest BCUT2D eigenvalue weighted by molar-refractivity contribution is 5.81. The van der Waals surface area contributed by atoms with Gasteiger partial charge < -0.3 is 20.1 Å². The van der Waals surface area contributed by atoms with Gasteiger partial charge in [0.15, 0.2) is 5.96 Å². The summed E-state index contributed by atoms with van der Waals surface area (Å²) in [6, 6.07) is 14.0. The van der Waals surface area contributed by atoms with Gasteiger partial charge in [0.2, 0.25) is 5.91 Å². The normalized spacial score (nSPS) is 11.2. The average molecular weight is 341 g/mol. The zero-order valence-electron chi connectivity index (χ0n) is 15.0. The summed E-state index contributed by atoms with van der Waals surface area (Å²) in [5.74, 6) is 0.824. The maximum atomic E-state index is 12.2. The highest BCUT2D eigenvalue weighted by atomic mass is 16.2. The van der Waals surface area contributed by atoms with Crippen LogP contribution in [0.3, 0.4) is 0 Å². The van der Waals surface area contributed by atoms with Crippen molar-refractivity contribution in [2.45, 2.75) is 19.5 Å². The minimum absolute atomic E-state index is 0.110. The molecule has 0 spiro atoms. The Bertz CT molecular complexity index is 652. The number of carbonyl (C=O) groups excluding carboxylic acids is 1. The number of guanidine groups is 1. The van der Waals surface area contributed by atoms with E-state index in [4.69, 9.17) is 0 Å². The number of amides is 1. The fraction of sp³-hybridized carbons (Fsp3) is 0.368. The number of hydrogen-bond acceptors (Lipinski definition) is 2. The van der Waals surface area contributed by atoms with Crippen LogP contribution in [0.2, 0.25) is 0 Å². The molecule has 0 aliphatic rings. The second-order valence-electron chi connectivity index (χ2n) is 5.83. The van der Waals surface area contributed by atoms with E-state index in [0.717, 1.165) is 18.7 Å². The van der Waals surface area contributed by atoms with Gasteiger partial charge in [0.25, 0.3) is 0 Å². The van der Waals surface area contributed by atoms with E-state index in [-0.39, 0.29) is 5.91 Å². The lowest BCUT2D eigenvalue weighted by molar-refractivity contribution is -0.130. The third-order valence-electron chi connectivity index (χ3n) is 3.87. The SMILES string of the molecule is CN=C(NCCC(=O)N(C)Cc1ccccc1)NCCn1cccc1. The Morgan fingerprint density at radius 1 is 1.08 bits per heavy atom. The molecule has 1 aromatic heterocycles. The molecule has 0 aliphatic heterocycles. The summed E-state index contributed by atoms with van der Waals surface area (Å²) < 4.78 is 2.10. The van der Waals surface area contributed by atoms with Crippen molar-refractivity contribution in [1.82, 2.24) is 20.1 Å². The lowest BCUT2D eigenvalue weighted by Crippen LogP contribution is -2.40. The molecule has 1 aromatic carbocycles. The van der Waals surface area contributed by atoms with E-state index in [1.165, 1.54) is 0 Å². The fourth-order valence-electron chi connectivity index (χ4n) is 2.47. The Balaban J connectivity index is 1.64. The van der Waals surface area contributed by atoms with Gasteiger partial charge in [-0.25, -0.2) is 0 Å². The summed E-state index contributed by atoms with van der Waals surface area (Å²) in [7, 11) is 3.56. The summed E-state index contributed by atoms with van der Waals surface area (Å²) in [5.41, 5.74) is 1.13. The van der Waals surface area contributed by atoms with Crippen LogP contribution < -0.4 is 10.6 Å². The van der Waals surface area contributed by atoms with Crippen LogP contribution in [-0.2, 0) is 17.9 Å². The smallest absolute Gasteiger partial charge is 0.224 e. The number of rotatable bonds is 8. The van der Waals surface area contributed by atoms with E-state index in [2.05, 4.69) is 20.2 Å². The van der Waals surface area contributed by atoms with E-state index >= 15 is 0 Å². The molecule has 6 nitrogen and oxygen atoms in total. The first-order valence-corrected chi connectivity index (χ1v) is 8.52. The molecular weight excluding hydrogens is 314 g/mol. The largest absolute Gasteiger partial charge is 0.356 e. The minimum Gasteiger partial charge on any atom is -0.356 e. The van der Waals surface area contributed by atoms with Crippen molar-refractivity contribution in [2.24, 2.45) is 4.99 Å². The lowest BCUT2D eigenvalue weighted by atomic mass is 10.2. The molecule has 0 aliphatic carbocycles. The van der Waals surface area contributed by atoms with Crippen molar-refractivity contribution in [1.29, 1.82) is 0 Å². The number of benzene rings is 1. The van der Waals surface area contributed by atoms with Crippen LogP contribution in [0.4, 0.5) is 0 Å². The molecule has 25 heavy (non-hydrogen) atoms. The molecule has 0 atom stereocenters. The molecule has 0 unspecified atom stereocenters. The van der Waals surface area contributed by atoms with Crippen LogP contribution in [0.5, 0.6) is 0 Å². The molecule has 0 bridgehead atoms. The van der Waals surface area contributed by atoms with E-state index in [9.17, 15) is 4.79 Å². The van der Waals surface area contributed by atoms with Crippen LogP contribution >= 0.6 is 0 Å². The molecule has 134 valence electrons. The highest BCUT2D eigenvalue weighted by Gasteiger charge is 2.09. The summed E-state index contributed by atoms with van der Waals surface area (Å²) >= 11 is 0. The fourth-order valence-corrected chi connectivity index (χ4v) is 2.47. The zero-order valence-corrected chi connectivity index (χ0v) is 15.0. The Labute approximate surface area is 149 Å². The minimum atomic E-state index is 0.110. The third-order valence-corrected chi connectivity index (χ3v) is 3.87. The van der Waals surface area contributed by atoms with Gasteiger partial charge in [0, 0.05) is 59.1 Å². The number of hydrogen-bond donors (Lipinski definition) is 2. The maximum Gasteiger partial charge on any atom is 0.224 e. The molecule has 2 aromatic rings. The molecule has 0 fully saturated rings. The van der Waals surface area contributed by atoms with E-state index in [1.807, 2.05) is 61.9 Å². The van der Waals surface area contributed by atoms with Crippen LogP contribution in [0, 0.1) is 0 Å². The van der Waals surface area contributed by atoms with Crippen LogP contribution in [0.25, 0.3) is 0 Å². The first-order valence-electron chi connectivity index (χ1n) is 8.52. The number of aromatic nitrogens is 1. The van der Waals surface area contributed by atoms with Crippen molar-refractivity contribution in [3.8, 4) is 0 Å². The average Bonchev–Trinajstić information content (AvgIpc) is 3.14. The predicted molar refractivity (Wildman–Crippen MR) is 101 cm³/mol. The first kappa shape index (κ1) is 18.6. The summed E-state index contributed by atoms with van der Waals surface area (Å²) in [6.45, 7) is 2.83. The van der Waals surface area contributed by atoms with Gasteiger partial charge in [0.1, 0.15) is 0 Å². The van der Waals surface area contributed by atoms with Crippen molar-refractivity contribution in [3.63, 3.8) is 0 Å². The first-order chi connectivity index (χ1) is 12.2. The van der Waals surface area contributed by atoms with E-state index < -0.39 is 0 Å². The molecular formula is C19H27N5O. The Kier molecular flexibility index (Phi) is 7.56. The number of nitrogens with one attached hydrogen (secondary N) is 2. The van der Waals surface area contributed by atoms with Gasteiger partial charge in [0.05, 0.1) is 0 Å². The van der Waals surface area contributed by atoms with Crippen LogP contribution in [0.1, 0.15) is 12.0 Å². The molecule has 2 N–H and O–H groups in total. The van der Waals surface area contributed by atoms with Crippen molar-refractivity contribution in [3.05, 3.63) is 60.4 Å². The Morgan fingerprint density at radius 2 is 1.76 bits per heavy atom. The summed E-state index contributed by atoms with van der Waals surface area (Å²) in [5, 5.41) is 6.42. The topological polar surface area (TPSA) is 61.7 Å². The predicted octanol–water partition coefficient (Wildman–Crippen LogP) is 1.70. The molecule has 0 saturated heterocycles. The molecule has 1 heterocycles. The Hall–Kier alpha value is -2.76. The van der Waals surface area contributed by atoms with Crippen LogP contribution in [0.15, 0.2) is 59.9 Å². The number of aliphatic imine (C=N–C) groups is 1. The molecule has 0 radical (unpaired) electrons. The van der Waals surface area contributed by atoms with Crippen molar-refractivity contribution >= 4 is 11.9 Å². The summed E-state index contributed by atoms with van der Waals surface area (Å²) in [6.07, 6.45) is 4.49. The lowest BCUT2D eigenvalue weighted by Gasteiger charge is -2.18. The maximum absolute atomic E-state index is 12.2. The van der Waals surface area contributed by atoms with Crippen molar-refractivity contribution in [2.75, 3.05) is 27.2 Å². The second kappa shape index (κ2) is 10.2. The van der Waals surface area contributed by atoms with Gasteiger partial charge >= 0.3 is 0 Å². The van der Waals surface area contributed by atoms with E-state index in [0.29, 0.717) is 25.5 Å². The van der Waals surface area contributed by atoms with Gasteiger partial charge in [-0.1, -0.05) is 30.3 Å². The number of carbonyl (C=O) groups is 1. The molecule has 1 amide bonds. The molecule has 0 saturated carbocycles. The molecule has 2 rings (SSSR count). The quantitative estimate of drug-likeness (QED) is 0.567. The number of nitrogens with zero attached hydrogens (tertiary/aromatic N) is 3.